The number of ether oxygens (including phenoxy) is 4. The van der Waals surface area contributed by atoms with E-state index in [1.54, 1.807) is 42.3 Å². The van der Waals surface area contributed by atoms with Crippen molar-refractivity contribution in [3.63, 3.8) is 0 Å². The zero-order valence-corrected chi connectivity index (χ0v) is 24.6. The van der Waals surface area contributed by atoms with Gasteiger partial charge in [-0.05, 0) is 68.1 Å². The predicted molar refractivity (Wildman–Crippen MR) is 157 cm³/mol. The number of hydrogen-bond donors (Lipinski definition) is 1. The van der Waals surface area contributed by atoms with Crippen molar-refractivity contribution in [3.8, 4) is 17.2 Å². The van der Waals surface area contributed by atoms with Crippen molar-refractivity contribution in [1.82, 2.24) is 9.80 Å². The summed E-state index contributed by atoms with van der Waals surface area (Å²) in [5, 5.41) is 11.5. The van der Waals surface area contributed by atoms with E-state index in [2.05, 4.69) is 11.8 Å². The molecule has 2 aromatic rings. The molecule has 0 aliphatic carbocycles. The van der Waals surface area contributed by atoms with Crippen molar-refractivity contribution in [2.24, 2.45) is 0 Å². The largest absolute Gasteiger partial charge is 0.507 e. The fourth-order valence-corrected chi connectivity index (χ4v) is 5.32. The first kappa shape index (κ1) is 30.4. The van der Waals surface area contributed by atoms with Crippen LogP contribution in [-0.2, 0) is 14.3 Å². The third kappa shape index (κ3) is 7.02. The number of aliphatic hydroxyl groups is 1. The van der Waals surface area contributed by atoms with Crippen molar-refractivity contribution in [2.75, 3.05) is 59.7 Å². The Morgan fingerprint density at radius 2 is 1.73 bits per heavy atom. The molecule has 2 aliphatic rings. The van der Waals surface area contributed by atoms with Gasteiger partial charge in [-0.2, -0.15) is 0 Å². The molecule has 2 saturated heterocycles. The summed E-state index contributed by atoms with van der Waals surface area (Å²) in [6, 6.07) is 9.92. The molecule has 41 heavy (non-hydrogen) atoms. The van der Waals surface area contributed by atoms with Gasteiger partial charge in [0.25, 0.3) is 11.7 Å². The van der Waals surface area contributed by atoms with Gasteiger partial charge in [0.05, 0.1) is 45.2 Å². The van der Waals surface area contributed by atoms with Gasteiger partial charge < -0.3 is 29.0 Å². The number of rotatable bonds is 13. The van der Waals surface area contributed by atoms with E-state index in [9.17, 15) is 14.7 Å². The Morgan fingerprint density at radius 1 is 0.976 bits per heavy atom. The lowest BCUT2D eigenvalue weighted by atomic mass is 9.94. The Hall–Kier alpha value is -3.56. The Balaban J connectivity index is 1.71. The van der Waals surface area contributed by atoms with Gasteiger partial charge in [-0.25, -0.2) is 0 Å². The van der Waals surface area contributed by atoms with E-state index in [-0.39, 0.29) is 11.3 Å². The number of ketones is 1. The van der Waals surface area contributed by atoms with Gasteiger partial charge in [0, 0.05) is 31.7 Å². The number of Topliss-reactive ketones (excluding diaryl/α,β-unsaturated/α-hetero) is 1. The summed E-state index contributed by atoms with van der Waals surface area (Å²) in [7, 11) is 1.56. The number of aliphatic hydroxyl groups excluding tert-OH is 1. The van der Waals surface area contributed by atoms with Crippen molar-refractivity contribution < 1.29 is 33.6 Å². The average Bonchev–Trinajstić information content (AvgIpc) is 3.23. The number of methoxy groups -OCH3 is 1. The van der Waals surface area contributed by atoms with Crippen LogP contribution in [0.15, 0.2) is 42.0 Å². The number of morpholine rings is 1. The molecule has 2 aromatic carbocycles. The maximum Gasteiger partial charge on any atom is 0.295 e. The zero-order chi connectivity index (χ0) is 29.4. The Kier molecular flexibility index (Phi) is 10.7. The molecule has 1 atom stereocenters. The molecule has 0 bridgehead atoms. The molecule has 2 aliphatic heterocycles. The topological polar surface area (TPSA) is 97.8 Å². The first-order valence-electron chi connectivity index (χ1n) is 14.5. The highest BCUT2D eigenvalue weighted by Gasteiger charge is 2.46. The van der Waals surface area contributed by atoms with E-state index in [1.807, 2.05) is 19.9 Å². The van der Waals surface area contributed by atoms with Gasteiger partial charge >= 0.3 is 0 Å². The number of benzene rings is 2. The monoisotopic (exact) mass is 566 g/mol. The summed E-state index contributed by atoms with van der Waals surface area (Å²) in [6.45, 7) is 11.2. The minimum absolute atomic E-state index is 0.0617. The molecule has 1 unspecified atom stereocenters. The third-order valence-electron chi connectivity index (χ3n) is 7.52. The lowest BCUT2D eigenvalue weighted by molar-refractivity contribution is -0.140. The Morgan fingerprint density at radius 3 is 2.41 bits per heavy atom. The number of carbonyl (C=O) groups excluding carboxylic acids is 2. The van der Waals surface area contributed by atoms with Crippen LogP contribution in [0.25, 0.3) is 5.76 Å². The highest BCUT2D eigenvalue weighted by Crippen LogP contribution is 2.42. The Labute approximate surface area is 242 Å². The van der Waals surface area contributed by atoms with Gasteiger partial charge in [-0.15, -0.1) is 0 Å². The molecule has 1 N–H and O–H groups in total. The lowest BCUT2D eigenvalue weighted by Crippen LogP contribution is -2.39. The van der Waals surface area contributed by atoms with E-state index in [0.717, 1.165) is 38.0 Å². The summed E-state index contributed by atoms with van der Waals surface area (Å²) in [4.78, 5) is 30.8. The van der Waals surface area contributed by atoms with Gasteiger partial charge in [-0.1, -0.05) is 19.4 Å². The highest BCUT2D eigenvalue weighted by atomic mass is 16.5. The first-order valence-corrected chi connectivity index (χ1v) is 14.5. The number of carbonyl (C=O) groups is 2. The number of nitrogens with zero attached hydrogens (tertiary/aromatic N) is 2. The summed E-state index contributed by atoms with van der Waals surface area (Å²) >= 11 is 0. The van der Waals surface area contributed by atoms with E-state index in [4.69, 9.17) is 18.9 Å². The second-order valence-electron chi connectivity index (χ2n) is 10.3. The second-order valence-corrected chi connectivity index (χ2v) is 10.3. The molecule has 4 rings (SSSR count). The van der Waals surface area contributed by atoms with Crippen LogP contribution >= 0.6 is 0 Å². The molecule has 0 radical (unpaired) electrons. The molecule has 9 nitrogen and oxygen atoms in total. The van der Waals surface area contributed by atoms with E-state index >= 15 is 0 Å². The van der Waals surface area contributed by atoms with Crippen molar-refractivity contribution in [2.45, 2.75) is 46.1 Å². The van der Waals surface area contributed by atoms with Crippen molar-refractivity contribution in [1.29, 1.82) is 0 Å². The molecule has 0 aromatic heterocycles. The zero-order valence-electron chi connectivity index (χ0n) is 24.6. The van der Waals surface area contributed by atoms with Crippen LogP contribution < -0.4 is 14.2 Å². The summed E-state index contributed by atoms with van der Waals surface area (Å²) < 4.78 is 22.6. The van der Waals surface area contributed by atoms with Crippen LogP contribution in [0, 0.1) is 6.92 Å². The van der Waals surface area contributed by atoms with Gasteiger partial charge in [0.2, 0.25) is 0 Å². The summed E-state index contributed by atoms with van der Waals surface area (Å²) in [5.41, 5.74) is 2.00. The number of amides is 1. The molecular formula is C32H42N2O7. The summed E-state index contributed by atoms with van der Waals surface area (Å²) in [6.07, 6.45) is 2.60. The molecule has 222 valence electrons. The van der Waals surface area contributed by atoms with Gasteiger partial charge in [-0.3, -0.25) is 14.5 Å². The molecule has 9 heteroatoms. The fourth-order valence-electron chi connectivity index (χ4n) is 5.32. The Bertz CT molecular complexity index is 1250. The molecule has 2 fully saturated rings. The number of hydrogen-bond acceptors (Lipinski definition) is 8. The maximum absolute atomic E-state index is 13.5. The molecule has 2 heterocycles. The molecule has 0 saturated carbocycles. The normalized spacial score (nSPS) is 19.0. The van der Waals surface area contributed by atoms with Crippen LogP contribution in [0.5, 0.6) is 17.2 Å². The smallest absolute Gasteiger partial charge is 0.295 e. The van der Waals surface area contributed by atoms with Gasteiger partial charge in [0.15, 0.2) is 11.5 Å². The minimum atomic E-state index is -0.773. The fraction of sp³-hybridized carbons (Fsp3) is 0.500. The van der Waals surface area contributed by atoms with Crippen molar-refractivity contribution >= 4 is 17.4 Å². The van der Waals surface area contributed by atoms with Crippen molar-refractivity contribution in [3.05, 3.63) is 58.7 Å². The highest BCUT2D eigenvalue weighted by molar-refractivity contribution is 6.46. The molecule has 0 spiro atoms. The molecular weight excluding hydrogens is 524 g/mol. The van der Waals surface area contributed by atoms with Crippen LogP contribution in [0.4, 0.5) is 0 Å². The van der Waals surface area contributed by atoms with E-state index in [1.165, 1.54) is 0 Å². The standard InChI is InChI=1S/C32H42N2O7/c1-5-7-17-41-26-12-9-23(21-27(26)38-4)29-28(30(35)24-10-11-25(40-6-2)22(3)20-24)31(36)32(37)34(29)14-8-13-33-15-18-39-19-16-33/h9-12,20-21,29,35H,5-8,13-19H2,1-4H3/b30-28+. The lowest BCUT2D eigenvalue weighted by Gasteiger charge is -2.29. The quantitative estimate of drug-likeness (QED) is 0.161. The number of unbranched alkanes of at least 4 members (excludes halogenated alkanes) is 1. The van der Waals surface area contributed by atoms with E-state index in [0.29, 0.717) is 67.8 Å². The van der Waals surface area contributed by atoms with Crippen LogP contribution in [0.1, 0.15) is 55.8 Å². The average molecular weight is 567 g/mol. The van der Waals surface area contributed by atoms with E-state index < -0.39 is 17.7 Å². The molecule has 1 amide bonds. The number of likely N-dealkylation sites (tertiary alicyclic amines) is 1. The third-order valence-corrected chi connectivity index (χ3v) is 7.52. The van der Waals surface area contributed by atoms with Gasteiger partial charge in [0.1, 0.15) is 11.5 Å². The second kappa shape index (κ2) is 14.4. The first-order chi connectivity index (χ1) is 19.9. The minimum Gasteiger partial charge on any atom is -0.507 e. The van der Waals surface area contributed by atoms with Crippen LogP contribution in [0.3, 0.4) is 0 Å². The number of aryl methyl sites for hydroxylation is 1. The maximum atomic E-state index is 13.5. The van der Waals surface area contributed by atoms with Crippen LogP contribution in [-0.4, -0.2) is 86.3 Å². The summed E-state index contributed by atoms with van der Waals surface area (Å²) in [5.74, 6) is 0.270. The predicted octanol–water partition coefficient (Wildman–Crippen LogP) is 4.73. The SMILES string of the molecule is CCCCOc1ccc(C2/C(=C(\O)c3ccc(OCC)c(C)c3)C(=O)C(=O)N2CCCN2CCOCC2)cc1OC. The van der Waals surface area contributed by atoms with Crippen LogP contribution in [0.2, 0.25) is 0 Å².